The summed E-state index contributed by atoms with van der Waals surface area (Å²) >= 11 is 0. The summed E-state index contributed by atoms with van der Waals surface area (Å²) in [5, 5.41) is 9.12. The topological polar surface area (TPSA) is 49.7 Å². The molecule has 0 heterocycles. The van der Waals surface area contributed by atoms with Crippen molar-refractivity contribution in [2.45, 2.75) is 6.92 Å². The van der Waals surface area contributed by atoms with Gasteiger partial charge in [0.25, 0.3) is 0 Å². The molecule has 3 nitrogen and oxygen atoms in total. The fourth-order valence-electron chi connectivity index (χ4n) is 1.46. The second kappa shape index (κ2) is 5.27. The van der Waals surface area contributed by atoms with Gasteiger partial charge in [0.15, 0.2) is 0 Å². The van der Waals surface area contributed by atoms with E-state index in [0.717, 1.165) is 5.56 Å². The number of rotatable bonds is 3. The molecule has 2 rings (SSSR count). The lowest BCUT2D eigenvalue weighted by atomic mass is 10.1. The highest BCUT2D eigenvalue weighted by Gasteiger charge is 2.01. The number of aliphatic imine (C=N–C) groups is 1. The number of phenols is 1. The Morgan fingerprint density at radius 3 is 2.28 bits per heavy atom. The number of Topliss-reactive ketones (excluding diaryl/α,β-unsaturated/α-hetero) is 1. The van der Waals surface area contributed by atoms with E-state index in [9.17, 15) is 4.79 Å². The Balaban J connectivity index is 2.11. The van der Waals surface area contributed by atoms with Gasteiger partial charge < -0.3 is 5.11 Å². The van der Waals surface area contributed by atoms with Crippen LogP contribution in [0.1, 0.15) is 15.9 Å². The molecule has 90 valence electrons. The van der Waals surface area contributed by atoms with Crippen molar-refractivity contribution in [3.8, 4) is 5.75 Å². The van der Waals surface area contributed by atoms with E-state index >= 15 is 0 Å². The van der Waals surface area contributed by atoms with E-state index in [1.54, 1.807) is 24.3 Å². The van der Waals surface area contributed by atoms with Gasteiger partial charge in [0.2, 0.25) is 5.78 Å². The van der Waals surface area contributed by atoms with Gasteiger partial charge in [0.05, 0.1) is 11.9 Å². The van der Waals surface area contributed by atoms with E-state index in [1.807, 2.05) is 19.1 Å². The van der Waals surface area contributed by atoms with Gasteiger partial charge >= 0.3 is 0 Å². The third-order valence-corrected chi connectivity index (χ3v) is 2.52. The molecule has 2 aromatic carbocycles. The summed E-state index contributed by atoms with van der Waals surface area (Å²) in [4.78, 5) is 15.9. The minimum absolute atomic E-state index is 0.136. The van der Waals surface area contributed by atoms with Gasteiger partial charge in [-0.3, -0.25) is 9.79 Å². The second-order valence-corrected chi connectivity index (χ2v) is 4.00. The van der Waals surface area contributed by atoms with Crippen molar-refractivity contribution in [1.29, 1.82) is 0 Å². The molecule has 0 amide bonds. The molecule has 0 aliphatic heterocycles. The fourth-order valence-corrected chi connectivity index (χ4v) is 1.46. The first kappa shape index (κ1) is 12.0. The van der Waals surface area contributed by atoms with Crippen LogP contribution in [0.4, 0.5) is 5.69 Å². The predicted molar refractivity (Wildman–Crippen MR) is 71.8 cm³/mol. The Labute approximate surface area is 105 Å². The molecule has 0 spiro atoms. The lowest BCUT2D eigenvalue weighted by Crippen LogP contribution is -1.99. The molecule has 0 unspecified atom stereocenters. The summed E-state index contributed by atoms with van der Waals surface area (Å²) in [5.74, 6) is 0.0434. The molecule has 0 aliphatic rings. The summed E-state index contributed by atoms with van der Waals surface area (Å²) in [6.45, 7) is 1.97. The maximum atomic E-state index is 11.8. The van der Waals surface area contributed by atoms with E-state index in [2.05, 4.69) is 4.99 Å². The molecule has 0 atom stereocenters. The van der Waals surface area contributed by atoms with Gasteiger partial charge in [-0.15, -0.1) is 0 Å². The Bertz CT molecular complexity index is 568. The SMILES string of the molecule is Cc1ccc(C(=O)C=Nc2ccc(O)cc2)cc1. The first-order valence-electron chi connectivity index (χ1n) is 5.59. The quantitative estimate of drug-likeness (QED) is 0.660. The largest absolute Gasteiger partial charge is 0.508 e. The van der Waals surface area contributed by atoms with Gasteiger partial charge in [0, 0.05) is 5.56 Å². The maximum absolute atomic E-state index is 11.8. The van der Waals surface area contributed by atoms with Crippen LogP contribution in [0, 0.1) is 6.92 Å². The molecule has 0 aromatic heterocycles. The Hall–Kier alpha value is -2.42. The summed E-state index contributed by atoms with van der Waals surface area (Å²) in [5.41, 5.74) is 2.36. The van der Waals surface area contributed by atoms with Crippen molar-refractivity contribution in [1.82, 2.24) is 0 Å². The predicted octanol–water partition coefficient (Wildman–Crippen LogP) is 3.29. The van der Waals surface area contributed by atoms with Crippen LogP contribution < -0.4 is 0 Å². The van der Waals surface area contributed by atoms with E-state index in [-0.39, 0.29) is 11.5 Å². The van der Waals surface area contributed by atoms with Crippen molar-refractivity contribution in [3.05, 3.63) is 59.7 Å². The van der Waals surface area contributed by atoms with Crippen molar-refractivity contribution < 1.29 is 9.90 Å². The first-order chi connectivity index (χ1) is 8.65. The number of carbonyl (C=O) groups excluding carboxylic acids is 1. The van der Waals surface area contributed by atoms with Crippen LogP contribution >= 0.6 is 0 Å². The third kappa shape index (κ3) is 3.04. The normalized spacial score (nSPS) is 10.7. The monoisotopic (exact) mass is 239 g/mol. The number of carbonyl (C=O) groups is 1. The van der Waals surface area contributed by atoms with Crippen molar-refractivity contribution in [2.24, 2.45) is 4.99 Å². The lowest BCUT2D eigenvalue weighted by Gasteiger charge is -1.97. The molecule has 0 saturated carbocycles. The molecular weight excluding hydrogens is 226 g/mol. The van der Waals surface area contributed by atoms with Crippen LogP contribution in [0.3, 0.4) is 0 Å². The van der Waals surface area contributed by atoms with Gasteiger partial charge in [-0.2, -0.15) is 0 Å². The van der Waals surface area contributed by atoms with Crippen LogP contribution in [-0.4, -0.2) is 17.1 Å². The zero-order valence-corrected chi connectivity index (χ0v) is 10.00. The van der Waals surface area contributed by atoms with E-state index in [0.29, 0.717) is 11.3 Å². The minimum atomic E-state index is -0.136. The number of aromatic hydroxyl groups is 1. The summed E-state index contributed by atoms with van der Waals surface area (Å²) in [6.07, 6.45) is 1.29. The highest BCUT2D eigenvalue weighted by atomic mass is 16.3. The summed E-state index contributed by atoms with van der Waals surface area (Å²) in [6, 6.07) is 13.7. The number of benzene rings is 2. The van der Waals surface area contributed by atoms with E-state index in [1.165, 1.54) is 18.3 Å². The zero-order valence-electron chi connectivity index (χ0n) is 10.00. The Morgan fingerprint density at radius 2 is 1.67 bits per heavy atom. The lowest BCUT2D eigenvalue weighted by molar-refractivity contribution is 0.107. The molecule has 2 aromatic rings. The highest BCUT2D eigenvalue weighted by molar-refractivity contribution is 6.35. The van der Waals surface area contributed by atoms with Crippen molar-refractivity contribution in [2.75, 3.05) is 0 Å². The Morgan fingerprint density at radius 1 is 1.06 bits per heavy atom. The van der Waals surface area contributed by atoms with Gasteiger partial charge in [-0.05, 0) is 31.2 Å². The summed E-state index contributed by atoms with van der Waals surface area (Å²) in [7, 11) is 0. The van der Waals surface area contributed by atoms with E-state index in [4.69, 9.17) is 5.11 Å². The maximum Gasteiger partial charge on any atom is 0.204 e. The molecular formula is C15H13NO2. The van der Waals surface area contributed by atoms with Crippen molar-refractivity contribution in [3.63, 3.8) is 0 Å². The van der Waals surface area contributed by atoms with Crippen LogP contribution in [0.5, 0.6) is 5.75 Å². The van der Waals surface area contributed by atoms with Gasteiger partial charge in [0.1, 0.15) is 5.75 Å². The molecule has 0 fully saturated rings. The average molecular weight is 239 g/mol. The molecule has 0 radical (unpaired) electrons. The first-order valence-corrected chi connectivity index (χ1v) is 5.59. The van der Waals surface area contributed by atoms with E-state index < -0.39 is 0 Å². The van der Waals surface area contributed by atoms with Gasteiger partial charge in [-0.25, -0.2) is 0 Å². The molecule has 0 aliphatic carbocycles. The fraction of sp³-hybridized carbons (Fsp3) is 0.0667. The van der Waals surface area contributed by atoms with Crippen molar-refractivity contribution >= 4 is 17.7 Å². The van der Waals surface area contributed by atoms with Crippen LogP contribution in [0.25, 0.3) is 0 Å². The number of nitrogens with zero attached hydrogens (tertiary/aromatic N) is 1. The number of hydrogen-bond donors (Lipinski definition) is 1. The molecule has 0 bridgehead atoms. The molecule has 18 heavy (non-hydrogen) atoms. The average Bonchev–Trinajstić information content (AvgIpc) is 2.38. The van der Waals surface area contributed by atoms with Crippen LogP contribution in [-0.2, 0) is 0 Å². The minimum Gasteiger partial charge on any atom is -0.508 e. The standard InChI is InChI=1S/C15H13NO2/c1-11-2-4-12(5-3-11)15(18)10-16-13-6-8-14(17)9-7-13/h2-10,17H,1H3. The summed E-state index contributed by atoms with van der Waals surface area (Å²) < 4.78 is 0. The molecule has 1 N–H and O–H groups in total. The third-order valence-electron chi connectivity index (χ3n) is 2.52. The van der Waals surface area contributed by atoms with Crippen LogP contribution in [0.15, 0.2) is 53.5 Å². The zero-order chi connectivity index (χ0) is 13.0. The number of hydrogen-bond acceptors (Lipinski definition) is 3. The second-order valence-electron chi connectivity index (χ2n) is 4.00. The Kier molecular flexibility index (Phi) is 3.53. The molecule has 0 saturated heterocycles. The highest BCUT2D eigenvalue weighted by Crippen LogP contribution is 2.16. The molecule has 3 heteroatoms. The number of phenolic OH excluding ortho intramolecular Hbond substituents is 1. The smallest absolute Gasteiger partial charge is 0.204 e. The van der Waals surface area contributed by atoms with Gasteiger partial charge in [-0.1, -0.05) is 29.8 Å². The number of ketones is 1. The number of aryl methyl sites for hydroxylation is 1. The van der Waals surface area contributed by atoms with Crippen LogP contribution in [0.2, 0.25) is 0 Å².